The summed E-state index contributed by atoms with van der Waals surface area (Å²) >= 11 is 0. The molecule has 0 unspecified atom stereocenters. The molecule has 354 valence electrons. The summed E-state index contributed by atoms with van der Waals surface area (Å²) in [6.07, 6.45) is -3.20. The first-order valence-electron chi connectivity index (χ1n) is 23.2. The van der Waals surface area contributed by atoms with Gasteiger partial charge in [0.1, 0.15) is 55.4 Å². The molecule has 10 atom stereocenters. The largest absolute Gasteiger partial charge is 0.368 e. The van der Waals surface area contributed by atoms with Crippen molar-refractivity contribution in [3.8, 4) is 12.3 Å². The first kappa shape index (κ1) is 48.9. The van der Waals surface area contributed by atoms with Crippen LogP contribution in [0.3, 0.4) is 0 Å². The molecule has 0 amide bonds. The van der Waals surface area contributed by atoms with Crippen molar-refractivity contribution in [3.63, 3.8) is 0 Å². The van der Waals surface area contributed by atoms with E-state index < -0.39 is 61.4 Å². The predicted molar refractivity (Wildman–Crippen MR) is 255 cm³/mol. The summed E-state index contributed by atoms with van der Waals surface area (Å²) in [5, 5.41) is 11.9. The van der Waals surface area contributed by atoms with Crippen molar-refractivity contribution in [2.24, 2.45) is 0 Å². The van der Waals surface area contributed by atoms with Crippen molar-refractivity contribution < 1.29 is 52.5 Å². The molecule has 0 aliphatic carbocycles. The van der Waals surface area contributed by atoms with Gasteiger partial charge in [0.25, 0.3) is 0 Å². The van der Waals surface area contributed by atoms with Crippen LogP contribution in [0.15, 0.2) is 182 Å². The Balaban J connectivity index is 1.11. The van der Waals surface area contributed by atoms with Gasteiger partial charge in [-0.15, -0.1) is 6.42 Å². The van der Waals surface area contributed by atoms with Gasteiger partial charge >= 0.3 is 0 Å². The Kier molecular flexibility index (Phi) is 18.9. The van der Waals surface area contributed by atoms with Crippen LogP contribution in [-0.4, -0.2) is 86.3 Å². The van der Waals surface area contributed by atoms with Crippen LogP contribution in [0.2, 0.25) is 0 Å². The van der Waals surface area contributed by atoms with Gasteiger partial charge in [-0.1, -0.05) is 188 Å². The molecule has 8 rings (SSSR count). The Morgan fingerprint density at radius 2 is 0.676 bits per heavy atom. The molecule has 0 radical (unpaired) electrons. The van der Waals surface area contributed by atoms with Crippen LogP contribution in [0.1, 0.15) is 33.4 Å². The maximum absolute atomic E-state index is 11.9. The second-order valence-electron chi connectivity index (χ2n) is 16.7. The van der Waals surface area contributed by atoms with Gasteiger partial charge in [0.2, 0.25) is 0 Å². The Bertz CT molecular complexity index is 2340. The first-order valence-corrected chi connectivity index (χ1v) is 23.2. The number of ether oxygens (including phenoxy) is 10. The summed E-state index contributed by atoms with van der Waals surface area (Å²) in [6.45, 7) is 1.45. The summed E-state index contributed by atoms with van der Waals surface area (Å²) in [5.74, 6) is 2.56. The van der Waals surface area contributed by atoms with E-state index in [0.717, 1.165) is 33.4 Å². The number of hydrogen-bond donors (Lipinski definition) is 1. The standard InChI is InChI=1S/C57H60O11/c1-2-33-59-40-48-50(60-34-42-21-9-3-10-22-42)53(63-37-45-27-15-6-16-28-45)55(65-39-47-31-19-8-20-32-47)57(68-48)66-41-49-51(61-35-43-23-11-4-12-24-43)52(62-36-44-25-13-5-14-26-44)54(56(58)67-49)64-38-46-29-17-7-18-30-46/h1,3-32,48-58H,33-41H2/t48-,49-,50+,51-,52+,53+,54-,55-,56+,57-/m1/s1. The van der Waals surface area contributed by atoms with Crippen molar-refractivity contribution in [1.82, 2.24) is 0 Å². The second-order valence-corrected chi connectivity index (χ2v) is 16.7. The average Bonchev–Trinajstić information content (AvgIpc) is 3.39. The maximum Gasteiger partial charge on any atom is 0.187 e. The van der Waals surface area contributed by atoms with Crippen LogP contribution < -0.4 is 0 Å². The monoisotopic (exact) mass is 920 g/mol. The van der Waals surface area contributed by atoms with E-state index in [9.17, 15) is 5.11 Å². The van der Waals surface area contributed by atoms with E-state index in [2.05, 4.69) is 5.92 Å². The smallest absolute Gasteiger partial charge is 0.187 e. The van der Waals surface area contributed by atoms with Crippen LogP contribution >= 0.6 is 0 Å². The van der Waals surface area contributed by atoms with Crippen molar-refractivity contribution in [1.29, 1.82) is 0 Å². The molecule has 0 saturated carbocycles. The number of benzene rings is 6. The minimum Gasteiger partial charge on any atom is -0.368 e. The lowest BCUT2D eigenvalue weighted by Gasteiger charge is -2.47. The van der Waals surface area contributed by atoms with Crippen molar-refractivity contribution in [2.75, 3.05) is 19.8 Å². The average molecular weight is 921 g/mol. The molecule has 0 bridgehead atoms. The summed E-state index contributed by atoms with van der Waals surface area (Å²) in [5.41, 5.74) is 5.71. The third kappa shape index (κ3) is 14.2. The van der Waals surface area contributed by atoms with Gasteiger partial charge in [-0.05, 0) is 33.4 Å². The number of hydrogen-bond acceptors (Lipinski definition) is 11. The lowest BCUT2D eigenvalue weighted by atomic mass is 9.97. The van der Waals surface area contributed by atoms with Gasteiger partial charge in [-0.25, -0.2) is 0 Å². The Morgan fingerprint density at radius 3 is 1.04 bits per heavy atom. The number of aliphatic hydroxyl groups excluding tert-OH is 1. The van der Waals surface area contributed by atoms with E-state index >= 15 is 0 Å². The highest BCUT2D eigenvalue weighted by Crippen LogP contribution is 2.34. The zero-order chi connectivity index (χ0) is 46.6. The minimum absolute atomic E-state index is 0.0619. The topological polar surface area (TPSA) is 113 Å². The van der Waals surface area contributed by atoms with E-state index in [0.29, 0.717) is 0 Å². The quantitative estimate of drug-likeness (QED) is 0.0466. The van der Waals surface area contributed by atoms with Crippen LogP contribution in [-0.2, 0) is 87.0 Å². The highest BCUT2D eigenvalue weighted by Gasteiger charge is 2.52. The number of rotatable bonds is 24. The van der Waals surface area contributed by atoms with Crippen LogP contribution in [0, 0.1) is 12.3 Å². The second kappa shape index (κ2) is 26.3. The molecule has 6 aromatic rings. The predicted octanol–water partition coefficient (Wildman–Crippen LogP) is 8.61. The van der Waals surface area contributed by atoms with Crippen LogP contribution in [0.25, 0.3) is 0 Å². The zero-order valence-electron chi connectivity index (χ0n) is 38.1. The molecule has 2 aliphatic rings. The molecular weight excluding hydrogens is 861 g/mol. The van der Waals surface area contributed by atoms with Gasteiger partial charge in [0.05, 0.1) is 52.9 Å². The van der Waals surface area contributed by atoms with Crippen LogP contribution in [0.5, 0.6) is 0 Å². The molecule has 2 aliphatic heterocycles. The van der Waals surface area contributed by atoms with Gasteiger partial charge < -0.3 is 52.5 Å². The summed E-state index contributed by atoms with van der Waals surface area (Å²) in [4.78, 5) is 0. The fraction of sp³-hybridized carbons (Fsp3) is 0.333. The molecule has 0 aromatic heterocycles. The van der Waals surface area contributed by atoms with Gasteiger partial charge in [0.15, 0.2) is 12.6 Å². The lowest BCUT2D eigenvalue weighted by molar-refractivity contribution is -0.348. The van der Waals surface area contributed by atoms with Gasteiger partial charge in [-0.3, -0.25) is 0 Å². The molecule has 6 aromatic carbocycles. The van der Waals surface area contributed by atoms with E-state index in [-0.39, 0.29) is 59.5 Å². The molecule has 2 saturated heterocycles. The molecule has 2 heterocycles. The molecule has 1 N–H and O–H groups in total. The van der Waals surface area contributed by atoms with E-state index in [1.54, 1.807) is 0 Å². The highest BCUT2D eigenvalue weighted by molar-refractivity contribution is 5.18. The van der Waals surface area contributed by atoms with E-state index in [1.807, 2.05) is 182 Å². The minimum atomic E-state index is -1.41. The SMILES string of the molecule is C#CCOC[C@H]1O[C@@H](OC[C@H]2O[C@H](O)[C@H](OCc3ccccc3)[C@@H](OCc3ccccc3)[C@@H]2OCc2ccccc2)[C@H](OCc2ccccc2)[C@@H](OCc2ccccc2)[C@H]1OCc1ccccc1. The fourth-order valence-electron chi connectivity index (χ4n) is 8.34. The molecule has 11 nitrogen and oxygen atoms in total. The Labute approximate surface area is 399 Å². The third-order valence-corrected chi connectivity index (χ3v) is 11.8. The number of terminal acetylenes is 1. The summed E-state index contributed by atoms with van der Waals surface area (Å²) in [7, 11) is 0. The molecule has 68 heavy (non-hydrogen) atoms. The van der Waals surface area contributed by atoms with Gasteiger partial charge in [-0.2, -0.15) is 0 Å². The van der Waals surface area contributed by atoms with E-state index in [1.165, 1.54) is 0 Å². The van der Waals surface area contributed by atoms with Crippen molar-refractivity contribution in [2.45, 2.75) is 101 Å². The first-order chi connectivity index (χ1) is 33.6. The van der Waals surface area contributed by atoms with Crippen LogP contribution in [0.4, 0.5) is 0 Å². The maximum atomic E-state index is 11.9. The van der Waals surface area contributed by atoms with Crippen molar-refractivity contribution in [3.05, 3.63) is 215 Å². The third-order valence-electron chi connectivity index (χ3n) is 11.8. The molecule has 0 spiro atoms. The molecule has 11 heteroatoms. The van der Waals surface area contributed by atoms with Crippen molar-refractivity contribution >= 4 is 0 Å². The highest BCUT2D eigenvalue weighted by atomic mass is 16.7. The summed E-state index contributed by atoms with van der Waals surface area (Å²) in [6, 6.07) is 59.2. The fourth-order valence-corrected chi connectivity index (χ4v) is 8.34. The normalized spacial score (nSPS) is 24.8. The zero-order valence-corrected chi connectivity index (χ0v) is 38.1. The lowest BCUT2D eigenvalue weighted by Crippen LogP contribution is -2.63. The summed E-state index contributed by atoms with van der Waals surface area (Å²) < 4.78 is 66.7. The Hall–Kier alpha value is -5.56. The van der Waals surface area contributed by atoms with Gasteiger partial charge in [0, 0.05) is 0 Å². The number of aliphatic hydroxyl groups is 1. The molecule has 2 fully saturated rings. The Morgan fingerprint density at radius 1 is 0.368 bits per heavy atom. The van der Waals surface area contributed by atoms with E-state index in [4.69, 9.17) is 53.8 Å². The molecular formula is C57H60O11.